The summed E-state index contributed by atoms with van der Waals surface area (Å²) >= 11 is 0. The third-order valence-corrected chi connectivity index (χ3v) is 7.04. The van der Waals surface area contributed by atoms with Crippen LogP contribution in [0.3, 0.4) is 0 Å². The van der Waals surface area contributed by atoms with Crippen LogP contribution in [0.15, 0.2) is 23.0 Å². The molecule has 5 rings (SSSR count). The number of fused-ring (bicyclic) bond motifs is 2. The van der Waals surface area contributed by atoms with Crippen LogP contribution in [0.25, 0.3) is 10.9 Å². The summed E-state index contributed by atoms with van der Waals surface area (Å²) in [4.78, 5) is 30.7. The van der Waals surface area contributed by atoms with E-state index in [-0.39, 0.29) is 36.9 Å². The standard InChI is InChI=1S/C25H32N6O5/c1-3-20(24-27-28-29-31(24)14-23(32)34-4-2)30(18-8-6-5-7-9-18)13-17-10-16-11-21-22(36-15-35-21)12-19(16)26-25(17)33/h10-12,18,20H,3-9,13-15H2,1-2H3,(H,26,33)/t20-/m1/s1. The second-order valence-corrected chi connectivity index (χ2v) is 9.30. The van der Waals surface area contributed by atoms with E-state index in [2.05, 4.69) is 32.3 Å². The molecule has 0 radical (unpaired) electrons. The van der Waals surface area contributed by atoms with E-state index in [1.165, 1.54) is 11.1 Å². The van der Waals surface area contributed by atoms with Gasteiger partial charge in [0.25, 0.3) is 5.56 Å². The van der Waals surface area contributed by atoms with E-state index in [4.69, 9.17) is 14.2 Å². The maximum absolute atomic E-state index is 13.2. The molecule has 1 aliphatic heterocycles. The van der Waals surface area contributed by atoms with Crippen LogP contribution >= 0.6 is 0 Å². The van der Waals surface area contributed by atoms with Crippen LogP contribution in [0.4, 0.5) is 0 Å². The van der Waals surface area contributed by atoms with Gasteiger partial charge in [0.2, 0.25) is 6.79 Å². The van der Waals surface area contributed by atoms with Gasteiger partial charge in [-0.25, -0.2) is 4.68 Å². The van der Waals surface area contributed by atoms with Crippen molar-refractivity contribution in [1.82, 2.24) is 30.1 Å². The monoisotopic (exact) mass is 496 g/mol. The van der Waals surface area contributed by atoms with Gasteiger partial charge in [-0.1, -0.05) is 26.2 Å². The van der Waals surface area contributed by atoms with Crippen molar-refractivity contribution in [2.45, 2.75) is 77.5 Å². The van der Waals surface area contributed by atoms with Crippen molar-refractivity contribution in [2.24, 2.45) is 0 Å². The maximum atomic E-state index is 13.2. The van der Waals surface area contributed by atoms with Crippen LogP contribution in [0.5, 0.6) is 11.5 Å². The summed E-state index contributed by atoms with van der Waals surface area (Å²) in [6.45, 7) is 4.72. The Morgan fingerprint density at radius 3 is 2.72 bits per heavy atom. The summed E-state index contributed by atoms with van der Waals surface area (Å²) < 4.78 is 17.6. The molecule has 1 aromatic carbocycles. The zero-order valence-electron chi connectivity index (χ0n) is 20.7. The molecule has 3 heterocycles. The van der Waals surface area contributed by atoms with Crippen molar-refractivity contribution in [3.63, 3.8) is 0 Å². The zero-order chi connectivity index (χ0) is 25.1. The van der Waals surface area contributed by atoms with Crippen molar-refractivity contribution in [3.8, 4) is 11.5 Å². The van der Waals surface area contributed by atoms with Gasteiger partial charge in [0.15, 0.2) is 17.3 Å². The summed E-state index contributed by atoms with van der Waals surface area (Å²) in [5.41, 5.74) is 1.24. The lowest BCUT2D eigenvalue weighted by atomic mass is 9.92. The summed E-state index contributed by atoms with van der Waals surface area (Å²) in [7, 11) is 0. The van der Waals surface area contributed by atoms with Crippen LogP contribution in [0.1, 0.15) is 69.8 Å². The van der Waals surface area contributed by atoms with Crippen molar-refractivity contribution < 1.29 is 19.0 Å². The van der Waals surface area contributed by atoms with Crippen molar-refractivity contribution in [1.29, 1.82) is 0 Å². The average molecular weight is 497 g/mol. The number of hydrogen-bond donors (Lipinski definition) is 1. The summed E-state index contributed by atoms with van der Waals surface area (Å²) in [5, 5.41) is 13.1. The minimum atomic E-state index is -0.380. The number of aromatic nitrogens is 5. The quantitative estimate of drug-likeness (QED) is 0.445. The first kappa shape index (κ1) is 24.2. The number of benzene rings is 1. The molecule has 192 valence electrons. The highest BCUT2D eigenvalue weighted by molar-refractivity contribution is 5.83. The van der Waals surface area contributed by atoms with Gasteiger partial charge in [-0.2, -0.15) is 0 Å². The highest BCUT2D eigenvalue weighted by Crippen LogP contribution is 2.36. The molecule has 11 heteroatoms. The fourth-order valence-corrected chi connectivity index (χ4v) is 5.32. The zero-order valence-corrected chi connectivity index (χ0v) is 20.7. The highest BCUT2D eigenvalue weighted by atomic mass is 16.7. The fourth-order valence-electron chi connectivity index (χ4n) is 5.32. The third kappa shape index (κ3) is 4.92. The van der Waals surface area contributed by atoms with Crippen LogP contribution in [-0.4, -0.2) is 55.5 Å². The Labute approximate surface area is 208 Å². The number of rotatable bonds is 9. The topological polar surface area (TPSA) is 124 Å². The molecule has 0 bridgehead atoms. The van der Waals surface area contributed by atoms with E-state index in [1.807, 2.05) is 12.1 Å². The third-order valence-electron chi connectivity index (χ3n) is 7.04. The summed E-state index contributed by atoms with van der Waals surface area (Å²) in [6.07, 6.45) is 6.31. The van der Waals surface area contributed by atoms with Gasteiger partial charge in [-0.3, -0.25) is 14.5 Å². The molecule has 1 saturated carbocycles. The molecule has 0 unspecified atom stereocenters. The molecule has 1 atom stereocenters. The Morgan fingerprint density at radius 1 is 1.19 bits per heavy atom. The van der Waals surface area contributed by atoms with Gasteiger partial charge in [0.1, 0.15) is 6.54 Å². The van der Waals surface area contributed by atoms with Crippen LogP contribution in [-0.2, 0) is 22.6 Å². The lowest BCUT2D eigenvalue weighted by Crippen LogP contribution is -2.41. The van der Waals surface area contributed by atoms with Gasteiger partial charge in [0.05, 0.1) is 18.2 Å². The van der Waals surface area contributed by atoms with Gasteiger partial charge in [-0.05, 0) is 48.7 Å². The second kappa shape index (κ2) is 10.7. The number of pyridine rings is 1. The number of H-pyrrole nitrogens is 1. The number of carbonyl (C=O) groups excluding carboxylic acids is 1. The second-order valence-electron chi connectivity index (χ2n) is 9.30. The van der Waals surface area contributed by atoms with Crippen LogP contribution in [0, 0.1) is 0 Å². The largest absolute Gasteiger partial charge is 0.465 e. The molecule has 3 aromatic rings. The molecule has 11 nitrogen and oxygen atoms in total. The molecule has 36 heavy (non-hydrogen) atoms. The predicted molar refractivity (Wildman–Crippen MR) is 131 cm³/mol. The Bertz CT molecular complexity index is 1280. The lowest BCUT2D eigenvalue weighted by Gasteiger charge is -2.39. The maximum Gasteiger partial charge on any atom is 0.327 e. The molecule has 2 aromatic heterocycles. The van der Waals surface area contributed by atoms with Gasteiger partial charge < -0.3 is 19.2 Å². The Hall–Kier alpha value is -3.47. The number of carbonyl (C=O) groups is 1. The van der Waals surface area contributed by atoms with Crippen molar-refractivity contribution in [2.75, 3.05) is 13.4 Å². The SMILES string of the molecule is CCOC(=O)Cn1nnnc1[C@@H](CC)N(Cc1cc2cc3c(cc2[nH]c1=O)OCO3)C1CCCCC1. The van der Waals surface area contributed by atoms with E-state index in [9.17, 15) is 9.59 Å². The summed E-state index contributed by atoms with van der Waals surface area (Å²) in [6, 6.07) is 5.76. The Balaban J connectivity index is 1.49. The average Bonchev–Trinajstić information content (AvgIpc) is 3.53. The number of tetrazole rings is 1. The number of aromatic amines is 1. The molecule has 0 saturated heterocycles. The number of hydrogen-bond acceptors (Lipinski definition) is 9. The molecule has 2 aliphatic rings. The number of esters is 1. The number of nitrogens with zero attached hydrogens (tertiary/aromatic N) is 5. The Kier molecular flexibility index (Phi) is 7.17. The van der Waals surface area contributed by atoms with E-state index < -0.39 is 0 Å². The first-order valence-corrected chi connectivity index (χ1v) is 12.7. The first-order chi connectivity index (χ1) is 17.6. The van der Waals surface area contributed by atoms with E-state index in [1.54, 1.807) is 13.0 Å². The lowest BCUT2D eigenvalue weighted by molar-refractivity contribution is -0.144. The van der Waals surface area contributed by atoms with Crippen LogP contribution in [0.2, 0.25) is 0 Å². The normalized spacial score (nSPS) is 16.5. The van der Waals surface area contributed by atoms with Gasteiger partial charge in [0, 0.05) is 29.6 Å². The van der Waals surface area contributed by atoms with E-state index in [0.717, 1.165) is 37.5 Å². The molecule has 0 spiro atoms. The molecular formula is C25H32N6O5. The molecule has 1 N–H and O–H groups in total. The molecule has 1 fully saturated rings. The first-order valence-electron chi connectivity index (χ1n) is 12.7. The smallest absolute Gasteiger partial charge is 0.327 e. The van der Waals surface area contributed by atoms with E-state index >= 15 is 0 Å². The number of nitrogens with one attached hydrogen (secondary N) is 1. The molecular weight excluding hydrogens is 464 g/mol. The van der Waals surface area contributed by atoms with Crippen molar-refractivity contribution in [3.05, 3.63) is 39.9 Å². The van der Waals surface area contributed by atoms with Crippen molar-refractivity contribution >= 4 is 16.9 Å². The van der Waals surface area contributed by atoms with Crippen LogP contribution < -0.4 is 15.0 Å². The minimum Gasteiger partial charge on any atom is -0.465 e. The highest BCUT2D eigenvalue weighted by Gasteiger charge is 2.32. The minimum absolute atomic E-state index is 0.0467. The van der Waals surface area contributed by atoms with Gasteiger partial charge >= 0.3 is 5.97 Å². The number of ether oxygens (including phenoxy) is 3. The van der Waals surface area contributed by atoms with E-state index in [0.29, 0.717) is 41.6 Å². The fraction of sp³-hybridized carbons (Fsp3) is 0.560. The molecule has 0 amide bonds. The predicted octanol–water partition coefficient (Wildman–Crippen LogP) is 3.09. The Morgan fingerprint density at radius 2 is 1.97 bits per heavy atom. The van der Waals surface area contributed by atoms with Gasteiger partial charge in [-0.15, -0.1) is 5.10 Å². The summed E-state index contributed by atoms with van der Waals surface area (Å²) in [5.74, 6) is 1.54. The molecule has 1 aliphatic carbocycles.